The lowest BCUT2D eigenvalue weighted by Gasteiger charge is -2.15. The van der Waals surface area contributed by atoms with Crippen molar-refractivity contribution < 1.29 is 23.1 Å². The highest BCUT2D eigenvalue weighted by Crippen LogP contribution is 2.53. The molecule has 0 saturated heterocycles. The molecule has 0 bridgehead atoms. The average Bonchev–Trinajstić information content (AvgIpc) is 2.87. The van der Waals surface area contributed by atoms with Crippen molar-refractivity contribution in [2.45, 2.75) is 24.7 Å². The Balaban J connectivity index is 2.19. The Morgan fingerprint density at radius 2 is 2.17 bits per heavy atom. The number of carboxylic acids is 1. The van der Waals surface area contributed by atoms with Gasteiger partial charge in [-0.2, -0.15) is 0 Å². The van der Waals surface area contributed by atoms with Gasteiger partial charge in [-0.05, 0) is 18.9 Å². The molecule has 1 heterocycles. The van der Waals surface area contributed by atoms with Crippen LogP contribution in [0.3, 0.4) is 0 Å². The van der Waals surface area contributed by atoms with Crippen molar-refractivity contribution in [3.05, 3.63) is 35.6 Å². The topological polar surface area (TPSA) is 50.4 Å². The van der Waals surface area contributed by atoms with Crippen LogP contribution in [0.5, 0.6) is 0 Å². The van der Waals surface area contributed by atoms with Crippen LogP contribution in [-0.2, 0) is 10.2 Å². The summed E-state index contributed by atoms with van der Waals surface area (Å²) < 4.78 is 33.2. The number of carboxylic acid groups (broad SMARTS) is 1. The smallest absolute Gasteiger partial charge is 0.304 e. The van der Waals surface area contributed by atoms with E-state index in [2.05, 4.69) is 0 Å². The maximum absolute atomic E-state index is 14.3. The molecule has 2 aromatic rings. The second-order valence-corrected chi connectivity index (χ2v) is 4.73. The first-order valence-electron chi connectivity index (χ1n) is 5.61. The van der Waals surface area contributed by atoms with Crippen molar-refractivity contribution in [3.63, 3.8) is 0 Å². The number of hydrogen-bond donors (Lipinski definition) is 1. The van der Waals surface area contributed by atoms with Crippen molar-refractivity contribution in [3.8, 4) is 0 Å². The summed E-state index contributed by atoms with van der Waals surface area (Å²) in [6, 6.07) is 2.54. The summed E-state index contributed by atoms with van der Waals surface area (Å²) >= 11 is 0. The van der Waals surface area contributed by atoms with Crippen LogP contribution in [-0.4, -0.2) is 11.1 Å². The first-order chi connectivity index (χ1) is 8.53. The zero-order chi connectivity index (χ0) is 12.9. The molecular formula is C13H10F2O3. The average molecular weight is 252 g/mol. The molecule has 0 aliphatic heterocycles. The quantitative estimate of drug-likeness (QED) is 0.912. The van der Waals surface area contributed by atoms with Gasteiger partial charge in [0.25, 0.3) is 0 Å². The largest absolute Gasteiger partial charge is 0.481 e. The minimum atomic E-state index is -1.04. The van der Waals surface area contributed by atoms with Gasteiger partial charge in [0.1, 0.15) is 17.2 Å². The van der Waals surface area contributed by atoms with Crippen LogP contribution in [0.25, 0.3) is 11.0 Å². The summed E-state index contributed by atoms with van der Waals surface area (Å²) in [5.74, 6) is -2.47. The molecule has 0 unspecified atom stereocenters. The van der Waals surface area contributed by atoms with Gasteiger partial charge in [0.15, 0.2) is 0 Å². The second kappa shape index (κ2) is 3.54. The Hall–Kier alpha value is -1.91. The van der Waals surface area contributed by atoms with Gasteiger partial charge in [0.2, 0.25) is 0 Å². The highest BCUT2D eigenvalue weighted by Gasteiger charge is 2.49. The number of furan rings is 1. The summed E-state index contributed by atoms with van der Waals surface area (Å²) in [6.45, 7) is 0. The summed E-state index contributed by atoms with van der Waals surface area (Å²) in [7, 11) is 0. The minimum Gasteiger partial charge on any atom is -0.481 e. The van der Waals surface area contributed by atoms with Crippen LogP contribution in [0.1, 0.15) is 24.8 Å². The van der Waals surface area contributed by atoms with E-state index in [1.165, 1.54) is 12.3 Å². The molecule has 1 saturated carbocycles. The first-order valence-corrected chi connectivity index (χ1v) is 5.61. The number of hydrogen-bond acceptors (Lipinski definition) is 2. The summed E-state index contributed by atoms with van der Waals surface area (Å²) in [5, 5.41) is 9.04. The molecule has 18 heavy (non-hydrogen) atoms. The van der Waals surface area contributed by atoms with E-state index in [4.69, 9.17) is 9.52 Å². The number of halogens is 2. The highest BCUT2D eigenvalue weighted by atomic mass is 19.1. The number of fused-ring (bicyclic) bond motifs is 1. The standard InChI is InChI=1S/C13H10F2O3/c14-8-5-9-7(1-4-18-9)12(15)11(8)13(2-3-13)6-10(16)17/h1,4-5H,2-3,6H2,(H,16,17). The van der Waals surface area contributed by atoms with Crippen LogP contribution in [0, 0.1) is 11.6 Å². The fourth-order valence-electron chi connectivity index (χ4n) is 2.48. The van der Waals surface area contributed by atoms with Gasteiger partial charge in [-0.3, -0.25) is 4.79 Å². The highest BCUT2D eigenvalue weighted by molar-refractivity contribution is 5.80. The SMILES string of the molecule is O=C(O)CC1(c2c(F)cc3occc3c2F)CC1. The van der Waals surface area contributed by atoms with Crippen molar-refractivity contribution in [1.82, 2.24) is 0 Å². The van der Waals surface area contributed by atoms with E-state index in [9.17, 15) is 13.6 Å². The summed E-state index contributed by atoms with van der Waals surface area (Å²) in [4.78, 5) is 10.8. The van der Waals surface area contributed by atoms with Gasteiger partial charge in [-0.25, -0.2) is 8.78 Å². The molecule has 1 aliphatic carbocycles. The number of aliphatic carboxylic acids is 1. The van der Waals surface area contributed by atoms with Crippen LogP contribution in [0.15, 0.2) is 22.8 Å². The van der Waals surface area contributed by atoms with Gasteiger partial charge in [-0.15, -0.1) is 0 Å². The fraction of sp³-hybridized carbons (Fsp3) is 0.308. The van der Waals surface area contributed by atoms with E-state index in [1.807, 2.05) is 0 Å². The third-order valence-corrected chi connectivity index (χ3v) is 3.52. The van der Waals surface area contributed by atoms with Crippen molar-refractivity contribution in [2.75, 3.05) is 0 Å². The Labute approximate surface area is 101 Å². The Bertz CT molecular complexity index is 641. The number of benzene rings is 1. The van der Waals surface area contributed by atoms with Crippen LogP contribution in [0.2, 0.25) is 0 Å². The summed E-state index contributed by atoms with van der Waals surface area (Å²) in [6.07, 6.45) is 2.03. The van der Waals surface area contributed by atoms with E-state index in [0.717, 1.165) is 6.07 Å². The van der Waals surface area contributed by atoms with Crippen molar-refractivity contribution >= 4 is 16.9 Å². The van der Waals surface area contributed by atoms with Crippen LogP contribution < -0.4 is 0 Å². The lowest BCUT2D eigenvalue weighted by atomic mass is 9.90. The minimum absolute atomic E-state index is 0.112. The Morgan fingerprint density at radius 3 is 2.78 bits per heavy atom. The molecule has 1 fully saturated rings. The van der Waals surface area contributed by atoms with Crippen molar-refractivity contribution in [2.24, 2.45) is 0 Å². The molecule has 1 aromatic carbocycles. The third kappa shape index (κ3) is 1.50. The molecule has 0 atom stereocenters. The molecule has 1 aliphatic rings. The van der Waals surface area contributed by atoms with Gasteiger partial charge in [0, 0.05) is 17.0 Å². The van der Waals surface area contributed by atoms with Crippen LogP contribution >= 0.6 is 0 Å². The van der Waals surface area contributed by atoms with E-state index in [0.29, 0.717) is 12.8 Å². The molecule has 1 N–H and O–H groups in total. The maximum atomic E-state index is 14.3. The molecule has 94 valence electrons. The van der Waals surface area contributed by atoms with Gasteiger partial charge in [-0.1, -0.05) is 0 Å². The molecule has 5 heteroatoms. The molecular weight excluding hydrogens is 242 g/mol. The first kappa shape index (κ1) is 11.2. The summed E-state index contributed by atoms with van der Waals surface area (Å²) in [5.41, 5.74) is -0.857. The molecule has 3 nitrogen and oxygen atoms in total. The zero-order valence-electron chi connectivity index (χ0n) is 9.37. The zero-order valence-corrected chi connectivity index (χ0v) is 9.37. The predicted molar refractivity (Wildman–Crippen MR) is 59.3 cm³/mol. The van der Waals surface area contributed by atoms with Crippen molar-refractivity contribution in [1.29, 1.82) is 0 Å². The van der Waals surface area contributed by atoms with Gasteiger partial charge < -0.3 is 9.52 Å². The van der Waals surface area contributed by atoms with Crippen LogP contribution in [0.4, 0.5) is 8.78 Å². The predicted octanol–water partition coefficient (Wildman–Crippen LogP) is 3.22. The molecule has 0 radical (unpaired) electrons. The normalized spacial score (nSPS) is 17.0. The molecule has 0 amide bonds. The third-order valence-electron chi connectivity index (χ3n) is 3.52. The lowest BCUT2D eigenvalue weighted by Crippen LogP contribution is -2.16. The van der Waals surface area contributed by atoms with E-state index >= 15 is 0 Å². The Morgan fingerprint density at radius 1 is 1.44 bits per heavy atom. The monoisotopic (exact) mass is 252 g/mol. The van der Waals surface area contributed by atoms with Gasteiger partial charge >= 0.3 is 5.97 Å². The lowest BCUT2D eigenvalue weighted by molar-refractivity contribution is -0.137. The Kier molecular flexibility index (Phi) is 2.20. The van der Waals surface area contributed by atoms with E-state index < -0.39 is 23.0 Å². The molecule has 0 spiro atoms. The number of carbonyl (C=O) groups is 1. The van der Waals surface area contributed by atoms with Gasteiger partial charge in [0.05, 0.1) is 18.1 Å². The second-order valence-electron chi connectivity index (χ2n) is 4.73. The molecule has 3 rings (SSSR count). The molecule has 1 aromatic heterocycles. The van der Waals surface area contributed by atoms with E-state index in [1.54, 1.807) is 0 Å². The fourth-order valence-corrected chi connectivity index (χ4v) is 2.48. The number of rotatable bonds is 3. The maximum Gasteiger partial charge on any atom is 0.304 e. The van der Waals surface area contributed by atoms with E-state index in [-0.39, 0.29) is 23.0 Å².